The van der Waals surface area contributed by atoms with Gasteiger partial charge in [0.2, 0.25) is 59.1 Å². The van der Waals surface area contributed by atoms with Crippen molar-refractivity contribution in [2.45, 2.75) is 117 Å². The second-order valence-corrected chi connectivity index (χ2v) is 23.2. The van der Waals surface area contributed by atoms with Gasteiger partial charge >= 0.3 is 0 Å². The average molecular weight is 1220 g/mol. The molecule has 26 nitrogen and oxygen atoms in total. The average Bonchev–Trinajstić information content (AvgIpc) is 2.59. The van der Waals surface area contributed by atoms with Gasteiger partial charge in [0.25, 0.3) is 0 Å². The van der Waals surface area contributed by atoms with Crippen molar-refractivity contribution in [3.8, 4) is 11.5 Å². The van der Waals surface area contributed by atoms with Crippen molar-refractivity contribution in [3.05, 3.63) is 124 Å². The molecule has 1 unspecified atom stereocenters. The van der Waals surface area contributed by atoms with Crippen LogP contribution in [0.3, 0.4) is 0 Å². The number of carbonyl (C=O) groups is 10. The lowest BCUT2D eigenvalue weighted by atomic mass is 9.94. The van der Waals surface area contributed by atoms with E-state index in [1.807, 2.05) is 0 Å². The van der Waals surface area contributed by atoms with Gasteiger partial charge in [-0.15, -0.1) is 0 Å². The molecule has 84 heavy (non-hydrogen) atoms. The summed E-state index contributed by atoms with van der Waals surface area (Å²) < 4.78 is 0. The van der Waals surface area contributed by atoms with Crippen LogP contribution >= 0.6 is 33.2 Å². The molecule has 11 atom stereocenters. The van der Waals surface area contributed by atoms with Crippen LogP contribution in [0, 0.1) is 0 Å². The third-order valence-electron chi connectivity index (χ3n) is 13.6. The van der Waals surface area contributed by atoms with E-state index in [2.05, 4.69) is 42.5 Å². The second-order valence-electron chi connectivity index (χ2n) is 20.1. The molecular formula is C55H68ClN13O13S2. The number of nitrogens with one attached hydrogen (secondary N) is 8. The van der Waals surface area contributed by atoms with Gasteiger partial charge < -0.3 is 86.5 Å². The van der Waals surface area contributed by atoms with Gasteiger partial charge in [-0.25, -0.2) is 0 Å². The Balaban J connectivity index is 1.39. The summed E-state index contributed by atoms with van der Waals surface area (Å²) in [5, 5.41) is 52.0. The molecule has 4 aromatic rings. The molecule has 10 amide bonds. The molecule has 450 valence electrons. The predicted octanol–water partition coefficient (Wildman–Crippen LogP) is -2.36. The zero-order valence-electron chi connectivity index (χ0n) is 45.2. The number of hydrogen-bond donors (Lipinski definition) is 16. The lowest BCUT2D eigenvalue weighted by molar-refractivity contribution is -0.140. The van der Waals surface area contributed by atoms with Gasteiger partial charge in [0.05, 0.1) is 29.9 Å². The van der Waals surface area contributed by atoms with Gasteiger partial charge in [-0.2, -0.15) is 0 Å². The summed E-state index contributed by atoms with van der Waals surface area (Å²) in [5.41, 5.74) is 31.1. The number of carbonyl (C=O) groups excluding carboxylic acids is 10. The molecule has 0 spiro atoms. The number of aliphatic hydroxyl groups excluding tert-OH is 1. The van der Waals surface area contributed by atoms with Crippen LogP contribution in [0.5, 0.6) is 11.5 Å². The maximum atomic E-state index is 14.8. The number of phenolic OH excluding ortho intramolecular Hbond substituents is 2. The molecule has 2 aliphatic rings. The summed E-state index contributed by atoms with van der Waals surface area (Å²) >= 11 is 6.08. The van der Waals surface area contributed by atoms with Gasteiger partial charge in [0.15, 0.2) is 0 Å². The highest BCUT2D eigenvalue weighted by atomic mass is 35.5. The van der Waals surface area contributed by atoms with Crippen molar-refractivity contribution in [3.63, 3.8) is 0 Å². The number of hydrogen-bond acceptors (Lipinski definition) is 18. The maximum absolute atomic E-state index is 14.8. The number of benzene rings is 4. The highest BCUT2D eigenvalue weighted by Gasteiger charge is 2.49. The van der Waals surface area contributed by atoms with E-state index >= 15 is 0 Å². The first-order chi connectivity index (χ1) is 40.0. The van der Waals surface area contributed by atoms with Crippen LogP contribution in [0.25, 0.3) is 0 Å². The maximum Gasteiger partial charge on any atom is 0.246 e. The van der Waals surface area contributed by atoms with Crippen LogP contribution < -0.4 is 71.2 Å². The van der Waals surface area contributed by atoms with Gasteiger partial charge in [0, 0.05) is 35.7 Å². The first-order valence-corrected chi connectivity index (χ1v) is 29.3. The van der Waals surface area contributed by atoms with E-state index in [0.29, 0.717) is 33.7 Å². The molecule has 21 N–H and O–H groups in total. The fraction of sp³-hybridized carbons (Fsp3) is 0.382. The number of nitrogens with two attached hydrogens (primary N) is 5. The smallest absolute Gasteiger partial charge is 0.246 e. The highest BCUT2D eigenvalue weighted by molar-refractivity contribution is 8.77. The number of phenols is 2. The van der Waals surface area contributed by atoms with E-state index in [-0.39, 0.29) is 68.0 Å². The Bertz CT molecular complexity index is 3000. The van der Waals surface area contributed by atoms with Crippen molar-refractivity contribution in [1.29, 1.82) is 0 Å². The molecule has 0 aromatic heterocycles. The molecule has 0 aliphatic carbocycles. The minimum atomic E-state index is -1.91. The van der Waals surface area contributed by atoms with Crippen molar-refractivity contribution >= 4 is 97.9 Å². The van der Waals surface area contributed by atoms with Gasteiger partial charge in [-0.05, 0) is 103 Å². The molecule has 2 fully saturated rings. The summed E-state index contributed by atoms with van der Waals surface area (Å²) in [4.78, 5) is 138. The topological polar surface area (TPSA) is 458 Å². The Labute approximate surface area is 495 Å². The summed E-state index contributed by atoms with van der Waals surface area (Å²) in [6, 6.07) is 10.4. The molecule has 2 bridgehead atoms. The first kappa shape index (κ1) is 65.2. The third-order valence-corrected chi connectivity index (χ3v) is 16.7. The number of amides is 10. The number of fused-ring (bicyclic) bond motifs is 2. The van der Waals surface area contributed by atoms with E-state index in [1.165, 1.54) is 72.8 Å². The number of halogens is 1. The Morgan fingerprint density at radius 3 is 1.73 bits per heavy atom. The van der Waals surface area contributed by atoms with Crippen molar-refractivity contribution in [2.24, 2.45) is 28.7 Å². The Kier molecular flexibility index (Phi) is 24.1. The summed E-state index contributed by atoms with van der Waals surface area (Å²) in [6.07, 6.45) is -2.49. The minimum Gasteiger partial charge on any atom is -0.508 e. The lowest BCUT2D eigenvalue weighted by Crippen LogP contribution is -2.71. The van der Waals surface area contributed by atoms with Crippen molar-refractivity contribution in [1.82, 2.24) is 37.2 Å². The van der Waals surface area contributed by atoms with E-state index in [0.717, 1.165) is 21.6 Å². The Morgan fingerprint density at radius 1 is 0.631 bits per heavy atom. The molecule has 29 heteroatoms. The predicted molar refractivity (Wildman–Crippen MR) is 313 cm³/mol. The summed E-state index contributed by atoms with van der Waals surface area (Å²) in [5.74, 6) is -9.66. The fourth-order valence-corrected chi connectivity index (χ4v) is 12.0. The lowest BCUT2D eigenvalue weighted by Gasteiger charge is -2.40. The fourth-order valence-electron chi connectivity index (χ4n) is 8.93. The second kappa shape index (κ2) is 31.1. The number of primary amides is 2. The van der Waals surface area contributed by atoms with Gasteiger partial charge in [0.1, 0.15) is 53.8 Å². The molecule has 2 heterocycles. The monoisotopic (exact) mass is 1220 g/mol. The number of unbranched alkanes of at least 4 members (excludes halogenated alkanes) is 1. The molecular weight excluding hydrogens is 1150 g/mol. The van der Waals surface area contributed by atoms with Gasteiger partial charge in [-0.1, -0.05) is 81.7 Å². The third kappa shape index (κ3) is 19.3. The van der Waals surface area contributed by atoms with Gasteiger partial charge in [-0.3, -0.25) is 47.9 Å². The van der Waals surface area contributed by atoms with E-state index in [1.54, 1.807) is 24.3 Å². The zero-order chi connectivity index (χ0) is 61.2. The zero-order valence-corrected chi connectivity index (χ0v) is 47.6. The van der Waals surface area contributed by atoms with E-state index in [9.17, 15) is 63.3 Å². The molecule has 0 saturated carbocycles. The standard InChI is InChI=1S/C55H68ClN13O13S2/c56-31-12-4-27(5-13-31)21-35(58)49(76)67-41-26-83-84-46-44(55(82)64-38(47(61)74)22-29-8-16-33(70)17-9-29)69-54(81)43(45(46)73)68-50(77)37(3-1-2-20-57)63-51(78)39(23-28-6-14-32(15-7-28)62-48(75)36(59)25-42(60)72)65-52(79)40(66-53(41)80)24-30-10-18-34(71)19-11-30/h4-19,35-41,43-46,70-71,73H,1-3,20-26,57-59H2,(H2,60,72)(H2,61,74)(H,62,75)(H,63,78)(H,64,82)(H,65,79)(H,66,80)(H,67,76)(H,68,77)(H,69,81)/t35-,36-,37-,38+,39+,40-,41+,43-,44-,45-,46?/m0/s1. The number of anilines is 1. The molecule has 4 aromatic carbocycles. The Hall–Kier alpha value is -7.99. The van der Waals surface area contributed by atoms with Crippen LogP contribution in [0.1, 0.15) is 47.9 Å². The minimum absolute atomic E-state index is 0.0121. The SMILES string of the molecule is NCCCC[C@@H]1NC(=O)[C@@H](Cc2ccc(NC(=O)[C@@H](N)CC(N)=O)cc2)NC(=O)[C@H](Cc2ccc(O)cc2)NC(=O)[C@H](NC(=O)[C@@H](N)Cc2ccc(Cl)cc2)CSSC2[C@@H](C(=O)N[C@H](Cc3ccc(O)cc3)C(N)=O)NC(=O)[C@@H](NC1=O)[C@@H]2O. The summed E-state index contributed by atoms with van der Waals surface area (Å²) in [6.45, 7) is 0.193. The quantitative estimate of drug-likeness (QED) is 0.0306. The molecule has 0 radical (unpaired) electrons. The Morgan fingerprint density at radius 2 is 1.15 bits per heavy atom. The molecule has 6 rings (SSSR count). The van der Waals surface area contributed by atoms with Crippen LogP contribution in [0.4, 0.5) is 5.69 Å². The number of aromatic hydroxyl groups is 2. The molecule has 2 aliphatic heterocycles. The number of aliphatic hydroxyl groups is 1. The normalized spacial score (nSPS) is 22.6. The van der Waals surface area contributed by atoms with Crippen LogP contribution in [0.2, 0.25) is 5.02 Å². The number of rotatable bonds is 21. The first-order valence-electron chi connectivity index (χ1n) is 26.6. The van der Waals surface area contributed by atoms with Crippen LogP contribution in [0.15, 0.2) is 97.1 Å². The van der Waals surface area contributed by atoms with E-state index in [4.69, 9.17) is 40.3 Å². The summed E-state index contributed by atoms with van der Waals surface area (Å²) in [7, 11) is 1.62. The number of piperidine rings is 1. The molecule has 2 saturated heterocycles. The van der Waals surface area contributed by atoms with Crippen molar-refractivity contribution in [2.75, 3.05) is 17.6 Å². The van der Waals surface area contributed by atoms with Crippen LogP contribution in [-0.2, 0) is 73.6 Å². The van der Waals surface area contributed by atoms with Crippen molar-refractivity contribution < 1.29 is 63.3 Å². The highest BCUT2D eigenvalue weighted by Crippen LogP contribution is 2.35. The van der Waals surface area contributed by atoms with E-state index < -0.39 is 131 Å². The largest absolute Gasteiger partial charge is 0.508 e. The van der Waals surface area contributed by atoms with Crippen LogP contribution in [-0.4, -0.2) is 152 Å².